The summed E-state index contributed by atoms with van der Waals surface area (Å²) in [5.41, 5.74) is 0. The van der Waals surface area contributed by atoms with Gasteiger partial charge in [-0.05, 0) is 6.54 Å². The van der Waals surface area contributed by atoms with Gasteiger partial charge in [0.1, 0.15) is 0 Å². The minimum absolute atomic E-state index is 0. The zero-order valence-corrected chi connectivity index (χ0v) is 5.03. The molecule has 7 heavy (non-hydrogen) atoms. The Balaban J connectivity index is 0. The van der Waals surface area contributed by atoms with Crippen LogP contribution in [0, 0.1) is 0 Å². The number of ether oxygens (including phenoxy) is 1. The molecule has 0 bridgehead atoms. The van der Waals surface area contributed by atoms with Crippen molar-refractivity contribution in [2.45, 2.75) is 6.92 Å². The Bertz CT molecular complexity index is 31.6. The molecule has 0 saturated carbocycles. The van der Waals surface area contributed by atoms with Crippen LogP contribution in [-0.2, 0) is 4.74 Å². The van der Waals surface area contributed by atoms with E-state index in [9.17, 15) is 0 Å². The third kappa shape index (κ3) is 5.92. The molecule has 0 rings (SSSR count). The molecule has 2 nitrogen and oxygen atoms in total. The van der Waals surface area contributed by atoms with Crippen LogP contribution in [0.1, 0.15) is 8.35 Å². The van der Waals surface area contributed by atoms with Gasteiger partial charge in [-0.15, -0.1) is 0 Å². The first-order valence-electron chi connectivity index (χ1n) is 2.61. The lowest BCUT2D eigenvalue weighted by atomic mass is 10.6. The van der Waals surface area contributed by atoms with E-state index in [0.717, 1.165) is 19.7 Å². The standard InChI is InChI=1S/C5H13NO.H2/c1-3-6-4-5-7-2;/h6H,3-5H2,1-2H3;1H. The summed E-state index contributed by atoms with van der Waals surface area (Å²) < 4.78 is 4.78. The molecule has 0 saturated heterocycles. The fourth-order valence-corrected chi connectivity index (χ4v) is 0.351. The average Bonchev–Trinajstić information content (AvgIpc) is 1.69. The summed E-state index contributed by atoms with van der Waals surface area (Å²) in [6, 6.07) is 0. The molecule has 0 heterocycles. The van der Waals surface area contributed by atoms with Crippen LogP contribution in [0.4, 0.5) is 0 Å². The summed E-state index contributed by atoms with van der Waals surface area (Å²) in [5.74, 6) is 0. The van der Waals surface area contributed by atoms with Crippen molar-refractivity contribution in [2.24, 2.45) is 0 Å². The molecular weight excluding hydrogens is 90.1 g/mol. The Kier molecular flexibility index (Phi) is 5.85. The van der Waals surface area contributed by atoms with Gasteiger partial charge in [-0.2, -0.15) is 0 Å². The topological polar surface area (TPSA) is 21.3 Å². The third-order valence-corrected chi connectivity index (χ3v) is 0.733. The fourth-order valence-electron chi connectivity index (χ4n) is 0.351. The minimum Gasteiger partial charge on any atom is -0.383 e. The van der Waals surface area contributed by atoms with Gasteiger partial charge in [0, 0.05) is 15.1 Å². The lowest BCUT2D eigenvalue weighted by Gasteiger charge is -1.96. The molecular formula is C5H15NO. The fraction of sp³-hybridized carbons (Fsp3) is 1.00. The van der Waals surface area contributed by atoms with Crippen LogP contribution in [0.25, 0.3) is 0 Å². The van der Waals surface area contributed by atoms with Crippen molar-refractivity contribution in [3.8, 4) is 0 Å². The third-order valence-electron chi connectivity index (χ3n) is 0.733. The molecule has 0 atom stereocenters. The zero-order valence-electron chi connectivity index (χ0n) is 5.03. The Morgan fingerprint density at radius 2 is 2.43 bits per heavy atom. The van der Waals surface area contributed by atoms with E-state index in [-0.39, 0.29) is 1.43 Å². The largest absolute Gasteiger partial charge is 0.383 e. The van der Waals surface area contributed by atoms with Crippen molar-refractivity contribution in [3.63, 3.8) is 0 Å². The van der Waals surface area contributed by atoms with E-state index < -0.39 is 0 Å². The van der Waals surface area contributed by atoms with Gasteiger partial charge in [-0.25, -0.2) is 0 Å². The summed E-state index contributed by atoms with van der Waals surface area (Å²) in [7, 11) is 1.71. The van der Waals surface area contributed by atoms with Crippen molar-refractivity contribution >= 4 is 0 Å². The molecule has 0 aromatic rings. The molecule has 0 radical (unpaired) electrons. The minimum atomic E-state index is 0. The Morgan fingerprint density at radius 1 is 1.71 bits per heavy atom. The van der Waals surface area contributed by atoms with Crippen LogP contribution < -0.4 is 5.32 Å². The SMILES string of the molecule is CCNCCOC.[HH]. The quantitative estimate of drug-likeness (QED) is 0.525. The predicted molar refractivity (Wildman–Crippen MR) is 32.5 cm³/mol. The lowest BCUT2D eigenvalue weighted by Crippen LogP contribution is -2.17. The number of methoxy groups -OCH3 is 1. The van der Waals surface area contributed by atoms with E-state index in [1.54, 1.807) is 7.11 Å². The highest BCUT2D eigenvalue weighted by atomic mass is 16.5. The molecule has 0 fully saturated rings. The zero-order chi connectivity index (χ0) is 5.54. The number of hydrogen-bond donors (Lipinski definition) is 1. The molecule has 0 unspecified atom stereocenters. The number of likely N-dealkylation sites (N-methyl/N-ethyl adjacent to an activating group) is 1. The van der Waals surface area contributed by atoms with Crippen LogP contribution in [-0.4, -0.2) is 26.8 Å². The molecule has 1 N–H and O–H groups in total. The molecule has 46 valence electrons. The molecule has 2 heteroatoms. The van der Waals surface area contributed by atoms with Crippen LogP contribution in [0.5, 0.6) is 0 Å². The van der Waals surface area contributed by atoms with Gasteiger partial charge in [0.05, 0.1) is 6.61 Å². The molecule has 0 aromatic carbocycles. The maximum Gasteiger partial charge on any atom is 0.0587 e. The van der Waals surface area contributed by atoms with Gasteiger partial charge < -0.3 is 10.1 Å². The first-order valence-corrected chi connectivity index (χ1v) is 2.61. The lowest BCUT2D eigenvalue weighted by molar-refractivity contribution is 0.200. The highest BCUT2D eigenvalue weighted by Gasteiger charge is 1.76. The van der Waals surface area contributed by atoms with Crippen molar-refractivity contribution in [1.29, 1.82) is 0 Å². The highest BCUT2D eigenvalue weighted by Crippen LogP contribution is 1.61. The Labute approximate surface area is 46.3 Å². The van der Waals surface area contributed by atoms with Crippen molar-refractivity contribution < 1.29 is 6.16 Å². The van der Waals surface area contributed by atoms with E-state index >= 15 is 0 Å². The number of rotatable bonds is 4. The summed E-state index contributed by atoms with van der Waals surface area (Å²) in [4.78, 5) is 0. The van der Waals surface area contributed by atoms with E-state index in [1.165, 1.54) is 0 Å². The van der Waals surface area contributed by atoms with Gasteiger partial charge in [0.25, 0.3) is 0 Å². The second-order valence-electron chi connectivity index (χ2n) is 1.35. The maximum absolute atomic E-state index is 4.78. The smallest absolute Gasteiger partial charge is 0.0587 e. The summed E-state index contributed by atoms with van der Waals surface area (Å²) in [6.45, 7) is 4.89. The van der Waals surface area contributed by atoms with Gasteiger partial charge in [0.2, 0.25) is 0 Å². The monoisotopic (exact) mass is 105 g/mol. The van der Waals surface area contributed by atoms with Crippen LogP contribution in [0.15, 0.2) is 0 Å². The molecule has 0 aliphatic heterocycles. The van der Waals surface area contributed by atoms with Crippen molar-refractivity contribution in [2.75, 3.05) is 26.8 Å². The molecule has 0 amide bonds. The van der Waals surface area contributed by atoms with Crippen LogP contribution in [0.3, 0.4) is 0 Å². The summed E-state index contributed by atoms with van der Waals surface area (Å²) in [6.07, 6.45) is 0. The van der Waals surface area contributed by atoms with Gasteiger partial charge in [-0.3, -0.25) is 0 Å². The highest BCUT2D eigenvalue weighted by molar-refractivity contribution is 4.36. The second kappa shape index (κ2) is 5.92. The summed E-state index contributed by atoms with van der Waals surface area (Å²) in [5, 5.41) is 3.12. The van der Waals surface area contributed by atoms with Gasteiger partial charge >= 0.3 is 0 Å². The van der Waals surface area contributed by atoms with E-state index in [2.05, 4.69) is 12.2 Å². The van der Waals surface area contributed by atoms with Gasteiger partial charge in [0.15, 0.2) is 0 Å². The molecule has 0 aliphatic carbocycles. The average molecular weight is 105 g/mol. The normalized spacial score (nSPS) is 9.43. The first kappa shape index (κ1) is 6.92. The Morgan fingerprint density at radius 3 is 2.86 bits per heavy atom. The van der Waals surface area contributed by atoms with Crippen molar-refractivity contribution in [3.05, 3.63) is 0 Å². The number of nitrogens with one attached hydrogen (secondary N) is 1. The predicted octanol–water partition coefficient (Wildman–Crippen LogP) is 0.488. The molecule has 0 spiro atoms. The maximum atomic E-state index is 4.78. The van der Waals surface area contributed by atoms with Crippen LogP contribution >= 0.6 is 0 Å². The van der Waals surface area contributed by atoms with E-state index in [4.69, 9.17) is 4.74 Å². The van der Waals surface area contributed by atoms with Crippen molar-refractivity contribution in [1.82, 2.24) is 5.32 Å². The van der Waals surface area contributed by atoms with E-state index in [0.29, 0.717) is 0 Å². The molecule has 0 aromatic heterocycles. The second-order valence-corrected chi connectivity index (χ2v) is 1.35. The Hall–Kier alpha value is -0.0800. The first-order chi connectivity index (χ1) is 3.41. The van der Waals surface area contributed by atoms with Gasteiger partial charge in [-0.1, -0.05) is 6.92 Å². The van der Waals surface area contributed by atoms with Crippen LogP contribution in [0.2, 0.25) is 0 Å². The summed E-state index contributed by atoms with van der Waals surface area (Å²) >= 11 is 0. The molecule has 0 aliphatic rings. The number of hydrogen-bond acceptors (Lipinski definition) is 2. The van der Waals surface area contributed by atoms with E-state index in [1.807, 2.05) is 0 Å².